The average molecular weight is 135 g/mol. The van der Waals surface area contributed by atoms with Crippen LogP contribution in [0.5, 0.6) is 0 Å². The van der Waals surface area contributed by atoms with Gasteiger partial charge in [-0.3, -0.25) is 4.79 Å². The Hall–Kier alpha value is -0.610. The van der Waals surface area contributed by atoms with Gasteiger partial charge in [-0.05, 0) is 0 Å². The summed E-state index contributed by atoms with van der Waals surface area (Å²) in [7, 11) is 3.38. The van der Waals surface area contributed by atoms with E-state index in [1.165, 1.54) is 4.90 Å². The van der Waals surface area contributed by atoms with Gasteiger partial charge in [0, 0.05) is 14.1 Å². The van der Waals surface area contributed by atoms with E-state index in [0.717, 1.165) is 6.41 Å². The minimum Gasteiger partial charge on any atom is -0.394 e. The molecule has 0 aromatic heterocycles. The molecule has 0 aliphatic carbocycles. The van der Waals surface area contributed by atoms with Crippen LogP contribution in [0.1, 0.15) is 0 Å². The number of hydrogen-bond acceptors (Lipinski definition) is 3. The third-order valence-corrected chi connectivity index (χ3v) is 0.311. The largest absolute Gasteiger partial charge is 0.394 e. The number of aliphatic hydroxyl groups excluding tert-OH is 2. The molecule has 56 valence electrons. The number of carbonyl (C=O) groups excluding carboxylic acids is 1. The van der Waals surface area contributed by atoms with Crippen molar-refractivity contribution in [2.24, 2.45) is 0 Å². The van der Waals surface area contributed by atoms with Crippen LogP contribution in [-0.2, 0) is 4.79 Å². The van der Waals surface area contributed by atoms with E-state index < -0.39 is 0 Å². The predicted molar refractivity (Wildman–Crippen MR) is 33.9 cm³/mol. The van der Waals surface area contributed by atoms with Gasteiger partial charge in [-0.1, -0.05) is 0 Å². The highest BCUT2D eigenvalue weighted by molar-refractivity contribution is 5.45. The summed E-state index contributed by atoms with van der Waals surface area (Å²) >= 11 is 0. The van der Waals surface area contributed by atoms with Crippen molar-refractivity contribution in [3.05, 3.63) is 0 Å². The molecule has 0 aliphatic rings. The molecule has 0 aromatic carbocycles. The van der Waals surface area contributed by atoms with Crippen LogP contribution in [0.25, 0.3) is 0 Å². The van der Waals surface area contributed by atoms with Gasteiger partial charge in [0.05, 0.1) is 13.2 Å². The third-order valence-electron chi connectivity index (χ3n) is 0.311. The van der Waals surface area contributed by atoms with Crippen molar-refractivity contribution in [2.45, 2.75) is 0 Å². The van der Waals surface area contributed by atoms with Crippen LogP contribution in [0, 0.1) is 0 Å². The molecule has 0 bridgehead atoms. The van der Waals surface area contributed by atoms with Gasteiger partial charge in [0.1, 0.15) is 0 Å². The number of nitrogens with zero attached hydrogens (tertiary/aromatic N) is 1. The van der Waals surface area contributed by atoms with E-state index in [2.05, 4.69) is 0 Å². The fourth-order valence-electron chi connectivity index (χ4n) is 0. The molecule has 4 nitrogen and oxygen atoms in total. The summed E-state index contributed by atoms with van der Waals surface area (Å²) in [6.07, 6.45) is 0.750. The van der Waals surface area contributed by atoms with Gasteiger partial charge in [-0.2, -0.15) is 0 Å². The second kappa shape index (κ2) is 10.4. The lowest BCUT2D eigenvalue weighted by Crippen LogP contribution is -2.06. The van der Waals surface area contributed by atoms with Crippen LogP contribution in [0.2, 0.25) is 0 Å². The molecule has 1 amide bonds. The molecule has 0 heterocycles. The second-order valence-corrected chi connectivity index (χ2v) is 1.52. The summed E-state index contributed by atoms with van der Waals surface area (Å²) in [6, 6.07) is 0. The lowest BCUT2D eigenvalue weighted by atomic mass is 10.8. The van der Waals surface area contributed by atoms with Gasteiger partial charge in [-0.15, -0.1) is 0 Å². The topological polar surface area (TPSA) is 60.8 Å². The zero-order chi connectivity index (χ0) is 7.70. The summed E-state index contributed by atoms with van der Waals surface area (Å²) in [5.74, 6) is 0. The van der Waals surface area contributed by atoms with Crippen molar-refractivity contribution >= 4 is 6.41 Å². The molecule has 0 aliphatic heterocycles. The zero-order valence-corrected chi connectivity index (χ0v) is 5.74. The van der Waals surface area contributed by atoms with E-state index in [4.69, 9.17) is 10.2 Å². The first-order valence-electron chi connectivity index (χ1n) is 2.52. The number of carbonyl (C=O) groups is 1. The van der Waals surface area contributed by atoms with E-state index >= 15 is 0 Å². The molecular weight excluding hydrogens is 122 g/mol. The van der Waals surface area contributed by atoms with Crippen LogP contribution in [-0.4, -0.2) is 48.8 Å². The Morgan fingerprint density at radius 1 is 1.33 bits per heavy atom. The summed E-state index contributed by atoms with van der Waals surface area (Å²) in [4.78, 5) is 10.9. The summed E-state index contributed by atoms with van der Waals surface area (Å²) in [5, 5.41) is 15.2. The lowest BCUT2D eigenvalue weighted by molar-refractivity contribution is -0.115. The van der Waals surface area contributed by atoms with Crippen molar-refractivity contribution in [2.75, 3.05) is 27.3 Å². The smallest absolute Gasteiger partial charge is 0.209 e. The highest BCUT2D eigenvalue weighted by atomic mass is 16.3. The monoisotopic (exact) mass is 135 g/mol. The Balaban J connectivity index is 0. The molecule has 0 atom stereocenters. The number of hydrogen-bond donors (Lipinski definition) is 2. The fraction of sp³-hybridized carbons (Fsp3) is 0.800. The summed E-state index contributed by atoms with van der Waals surface area (Å²) in [6.45, 7) is -0.250. The Bertz CT molecular complexity index is 54.2. The van der Waals surface area contributed by atoms with E-state index in [0.29, 0.717) is 0 Å². The fourth-order valence-corrected chi connectivity index (χ4v) is 0. The Morgan fingerprint density at radius 3 is 1.56 bits per heavy atom. The molecule has 0 rings (SSSR count). The molecule has 0 radical (unpaired) electrons. The molecule has 0 spiro atoms. The summed E-state index contributed by atoms with van der Waals surface area (Å²) in [5.41, 5.74) is 0. The van der Waals surface area contributed by atoms with E-state index in [9.17, 15) is 4.79 Å². The third kappa shape index (κ3) is 37.6. The molecule has 2 N–H and O–H groups in total. The first-order chi connectivity index (χ1) is 4.18. The van der Waals surface area contributed by atoms with Crippen molar-refractivity contribution in [1.29, 1.82) is 0 Å². The van der Waals surface area contributed by atoms with Crippen LogP contribution in [0.3, 0.4) is 0 Å². The molecule has 4 heteroatoms. The Kier molecular flexibility index (Phi) is 13.0. The normalized spacial score (nSPS) is 7.11. The number of amides is 1. The molecular formula is C5H13NO3. The molecule has 0 unspecified atom stereocenters. The minimum absolute atomic E-state index is 0.125. The summed E-state index contributed by atoms with van der Waals surface area (Å²) < 4.78 is 0. The van der Waals surface area contributed by atoms with Crippen molar-refractivity contribution in [1.82, 2.24) is 4.90 Å². The maximum atomic E-state index is 9.43. The van der Waals surface area contributed by atoms with Crippen LogP contribution in [0.15, 0.2) is 0 Å². The van der Waals surface area contributed by atoms with Crippen LogP contribution >= 0.6 is 0 Å². The quantitative estimate of drug-likeness (QED) is 0.461. The first kappa shape index (κ1) is 11.2. The molecule has 0 saturated heterocycles. The van der Waals surface area contributed by atoms with Crippen molar-refractivity contribution in [3.63, 3.8) is 0 Å². The zero-order valence-electron chi connectivity index (χ0n) is 5.74. The predicted octanol–water partition coefficient (Wildman–Crippen LogP) is -1.32. The molecule has 0 aromatic rings. The van der Waals surface area contributed by atoms with E-state index in [1.807, 2.05) is 0 Å². The van der Waals surface area contributed by atoms with Gasteiger partial charge in [0.2, 0.25) is 6.41 Å². The highest BCUT2D eigenvalue weighted by Crippen LogP contribution is 1.52. The van der Waals surface area contributed by atoms with Gasteiger partial charge in [-0.25, -0.2) is 0 Å². The average Bonchev–Trinajstić information content (AvgIpc) is 1.89. The van der Waals surface area contributed by atoms with Gasteiger partial charge >= 0.3 is 0 Å². The lowest BCUT2D eigenvalue weighted by Gasteiger charge is -1.93. The minimum atomic E-state index is -0.125. The second-order valence-electron chi connectivity index (χ2n) is 1.52. The van der Waals surface area contributed by atoms with Crippen LogP contribution < -0.4 is 0 Å². The Morgan fingerprint density at radius 2 is 1.56 bits per heavy atom. The molecule has 0 fully saturated rings. The van der Waals surface area contributed by atoms with Crippen molar-refractivity contribution < 1.29 is 15.0 Å². The highest BCUT2D eigenvalue weighted by Gasteiger charge is 1.68. The van der Waals surface area contributed by atoms with Gasteiger partial charge in [0.25, 0.3) is 0 Å². The van der Waals surface area contributed by atoms with Crippen LogP contribution in [0.4, 0.5) is 0 Å². The van der Waals surface area contributed by atoms with Crippen molar-refractivity contribution in [3.8, 4) is 0 Å². The van der Waals surface area contributed by atoms with Gasteiger partial charge in [0.15, 0.2) is 0 Å². The maximum absolute atomic E-state index is 9.43. The molecule has 9 heavy (non-hydrogen) atoms. The van der Waals surface area contributed by atoms with Gasteiger partial charge < -0.3 is 15.1 Å². The van der Waals surface area contributed by atoms with E-state index in [-0.39, 0.29) is 13.2 Å². The SMILES string of the molecule is CN(C)C=O.OCCO. The maximum Gasteiger partial charge on any atom is 0.209 e. The van der Waals surface area contributed by atoms with E-state index in [1.54, 1.807) is 14.1 Å². The first-order valence-corrected chi connectivity index (χ1v) is 2.52. The standard InChI is InChI=1S/C3H7NO.C2H6O2/c1-4(2)3-5;3-1-2-4/h3H,1-2H3;3-4H,1-2H2. The number of rotatable bonds is 2. The Labute approximate surface area is 54.7 Å². The molecule has 0 saturated carbocycles. The number of aliphatic hydroxyl groups is 2.